The molecule has 0 aromatic carbocycles. The van der Waals surface area contributed by atoms with Crippen LogP contribution in [-0.4, -0.2) is 41.9 Å². The molecule has 0 spiro atoms. The van der Waals surface area contributed by atoms with E-state index in [0.29, 0.717) is 38.8 Å². The zero-order valence-electron chi connectivity index (χ0n) is 11.8. The van der Waals surface area contributed by atoms with Crippen molar-refractivity contribution >= 4 is 6.09 Å². The quantitative estimate of drug-likeness (QED) is 0.674. The van der Waals surface area contributed by atoms with E-state index in [4.69, 9.17) is 4.74 Å². The summed E-state index contributed by atoms with van der Waals surface area (Å²) in [4.78, 5) is 13.4. The van der Waals surface area contributed by atoms with E-state index in [1.54, 1.807) is 4.90 Å². The largest absolute Gasteiger partial charge is 2.00 e. The number of amides is 1. The first-order valence-electron chi connectivity index (χ1n) is 6.52. The predicted molar refractivity (Wildman–Crippen MR) is 63.9 cm³/mol. The molecule has 1 heterocycles. The first-order valence-corrected chi connectivity index (χ1v) is 6.52. The third kappa shape index (κ3) is 6.71. The minimum absolute atomic E-state index is 0. The maximum absolute atomic E-state index is 12.2. The SMILES string of the molecule is CC(C)(C)OC(=O)N1CCC([O-])(CCC[O-])CC1.[Pd+2]. The Morgan fingerprint density at radius 1 is 1.32 bits per heavy atom. The first-order chi connectivity index (χ1) is 8.26. The average Bonchev–Trinajstić information content (AvgIpc) is 2.25. The van der Waals surface area contributed by atoms with Crippen LogP contribution < -0.4 is 10.2 Å². The summed E-state index contributed by atoms with van der Waals surface area (Å²) in [5.41, 5.74) is -1.53. The van der Waals surface area contributed by atoms with Gasteiger partial charge in [0.25, 0.3) is 0 Å². The molecule has 6 heteroatoms. The Bertz CT molecular complexity index is 283. The van der Waals surface area contributed by atoms with Gasteiger partial charge in [-0.15, -0.1) is 12.2 Å². The van der Waals surface area contributed by atoms with Gasteiger partial charge in [-0.2, -0.15) is 0 Å². The van der Waals surface area contributed by atoms with E-state index in [0.717, 1.165) is 0 Å². The molecule has 1 saturated heterocycles. The molecule has 0 saturated carbocycles. The summed E-state index contributed by atoms with van der Waals surface area (Å²) in [6.45, 7) is 6.12. The molecule has 0 bridgehead atoms. The Kier molecular flexibility index (Phi) is 7.53. The van der Waals surface area contributed by atoms with Crippen LogP contribution in [0.1, 0.15) is 46.5 Å². The van der Waals surface area contributed by atoms with Crippen LogP contribution in [0.15, 0.2) is 0 Å². The number of rotatable bonds is 3. The van der Waals surface area contributed by atoms with Crippen molar-refractivity contribution in [1.29, 1.82) is 0 Å². The van der Waals surface area contributed by atoms with Crippen LogP contribution in [0.4, 0.5) is 4.79 Å². The van der Waals surface area contributed by atoms with Crippen molar-refractivity contribution in [3.05, 3.63) is 0 Å². The fourth-order valence-corrected chi connectivity index (χ4v) is 2.07. The molecule has 5 nitrogen and oxygen atoms in total. The van der Waals surface area contributed by atoms with Crippen LogP contribution >= 0.6 is 0 Å². The van der Waals surface area contributed by atoms with Gasteiger partial charge in [-0.05, 0) is 33.6 Å². The van der Waals surface area contributed by atoms with E-state index in [1.165, 1.54) is 0 Å². The van der Waals surface area contributed by atoms with Crippen LogP contribution in [0.3, 0.4) is 0 Å². The molecule has 19 heavy (non-hydrogen) atoms. The smallest absolute Gasteiger partial charge is 0.854 e. The molecule has 1 rings (SSSR count). The van der Waals surface area contributed by atoms with E-state index in [9.17, 15) is 15.0 Å². The van der Waals surface area contributed by atoms with E-state index in [2.05, 4.69) is 0 Å². The van der Waals surface area contributed by atoms with Gasteiger partial charge in [0, 0.05) is 13.1 Å². The molecule has 0 aliphatic carbocycles. The normalized spacial score (nSPS) is 18.7. The number of piperidine rings is 1. The molecule has 0 aromatic heterocycles. The summed E-state index contributed by atoms with van der Waals surface area (Å²) in [6, 6.07) is 0. The number of nitrogens with zero attached hydrogens (tertiary/aromatic N) is 1. The zero-order chi connectivity index (χ0) is 13.8. The molecule has 1 aliphatic heterocycles. The number of carbonyl (C=O) groups excluding carboxylic acids is 1. The third-order valence-corrected chi connectivity index (χ3v) is 3.10. The van der Waals surface area contributed by atoms with Gasteiger partial charge in [0.2, 0.25) is 0 Å². The van der Waals surface area contributed by atoms with Gasteiger partial charge in [-0.1, -0.05) is 12.8 Å². The minimum atomic E-state index is -1.02. The maximum atomic E-state index is 12.2. The second kappa shape index (κ2) is 7.59. The number of hydrogen-bond donors (Lipinski definition) is 0. The summed E-state index contributed by atoms with van der Waals surface area (Å²) in [5.74, 6) is 0. The standard InChI is InChI=1S/C13H23NO4.Pd/c1-12(2,3)18-11(16)14-8-6-13(17,7-9-14)5-4-10-15;/h4-10H2,1-3H3;/q-2;+2. The van der Waals surface area contributed by atoms with Gasteiger partial charge >= 0.3 is 26.5 Å². The van der Waals surface area contributed by atoms with E-state index in [-0.39, 0.29) is 33.1 Å². The number of likely N-dealkylation sites (tertiary alicyclic amines) is 1. The molecule has 1 fully saturated rings. The van der Waals surface area contributed by atoms with Crippen molar-refractivity contribution in [2.75, 3.05) is 19.7 Å². The monoisotopic (exact) mass is 363 g/mol. The van der Waals surface area contributed by atoms with Crippen LogP contribution in [0.5, 0.6) is 0 Å². The summed E-state index contributed by atoms with van der Waals surface area (Å²) in [6.07, 6.45) is 1.31. The summed E-state index contributed by atoms with van der Waals surface area (Å²) in [7, 11) is 0. The van der Waals surface area contributed by atoms with Crippen LogP contribution in [-0.2, 0) is 25.2 Å². The summed E-state index contributed by atoms with van der Waals surface area (Å²) >= 11 is 0. The fourth-order valence-electron chi connectivity index (χ4n) is 2.07. The van der Waals surface area contributed by atoms with Gasteiger partial charge in [0.15, 0.2) is 0 Å². The van der Waals surface area contributed by atoms with Gasteiger partial charge in [0.1, 0.15) is 5.60 Å². The number of hydrogen-bond acceptors (Lipinski definition) is 4. The summed E-state index contributed by atoms with van der Waals surface area (Å²) in [5, 5.41) is 22.6. The van der Waals surface area contributed by atoms with Crippen LogP contribution in [0.25, 0.3) is 0 Å². The average molecular weight is 364 g/mol. The minimum Gasteiger partial charge on any atom is -0.854 e. The van der Waals surface area contributed by atoms with Crippen molar-refractivity contribution in [2.24, 2.45) is 0 Å². The molecule has 0 aromatic rings. The predicted octanol–water partition coefficient (Wildman–Crippen LogP) is 0.254. The molecule has 1 aliphatic rings. The summed E-state index contributed by atoms with van der Waals surface area (Å²) < 4.78 is 5.26. The van der Waals surface area contributed by atoms with Gasteiger partial charge < -0.3 is 19.8 Å². The van der Waals surface area contributed by atoms with Crippen molar-refractivity contribution in [3.63, 3.8) is 0 Å². The van der Waals surface area contributed by atoms with Crippen molar-refractivity contribution in [1.82, 2.24) is 4.90 Å². The Balaban J connectivity index is 0.00000324. The second-order valence-electron chi connectivity index (χ2n) is 5.96. The third-order valence-electron chi connectivity index (χ3n) is 3.10. The molecule has 0 unspecified atom stereocenters. The van der Waals surface area contributed by atoms with E-state index < -0.39 is 11.2 Å². The number of carbonyl (C=O) groups is 1. The molecule has 114 valence electrons. The van der Waals surface area contributed by atoms with E-state index >= 15 is 0 Å². The Morgan fingerprint density at radius 2 is 1.84 bits per heavy atom. The molecule has 0 N–H and O–H groups in total. The van der Waals surface area contributed by atoms with Crippen LogP contribution in [0, 0.1) is 0 Å². The maximum Gasteiger partial charge on any atom is 2.00 e. The molecule has 0 radical (unpaired) electrons. The van der Waals surface area contributed by atoms with Crippen LogP contribution in [0.2, 0.25) is 0 Å². The van der Waals surface area contributed by atoms with Gasteiger partial charge in [0.05, 0.1) is 0 Å². The first kappa shape index (κ1) is 18.9. The molecular formula is C13H23NO4Pd. The zero-order valence-corrected chi connectivity index (χ0v) is 13.4. The van der Waals surface area contributed by atoms with E-state index in [1.807, 2.05) is 20.8 Å². The van der Waals surface area contributed by atoms with Crippen molar-refractivity contribution in [2.45, 2.75) is 57.7 Å². The molecule has 0 atom stereocenters. The van der Waals surface area contributed by atoms with Crippen molar-refractivity contribution in [3.8, 4) is 0 Å². The second-order valence-corrected chi connectivity index (χ2v) is 5.96. The van der Waals surface area contributed by atoms with Gasteiger partial charge in [-0.3, -0.25) is 0 Å². The Hall–Kier alpha value is -0.148. The molecular weight excluding hydrogens is 341 g/mol. The fraction of sp³-hybridized carbons (Fsp3) is 0.923. The van der Waals surface area contributed by atoms with Gasteiger partial charge in [-0.25, -0.2) is 4.79 Å². The number of ether oxygens (including phenoxy) is 1. The van der Waals surface area contributed by atoms with Crippen molar-refractivity contribution < 1.29 is 40.2 Å². The topological polar surface area (TPSA) is 75.7 Å². The molecule has 1 amide bonds. The Labute approximate surface area is 129 Å². The Morgan fingerprint density at radius 3 is 2.26 bits per heavy atom.